The summed E-state index contributed by atoms with van der Waals surface area (Å²) in [5.74, 6) is 1.01. The standard InChI is InChI=1S/C17H21N5O/c1-12-9-19-22(11-12)7-6-17(23)18-10-14-4-5-16-15(8-14)20-13(2)21(16)3/h4-5,8-9,11H,6-7,10H2,1-3H3,(H,18,23). The number of fused-ring (bicyclic) bond motifs is 1. The molecule has 6 heteroatoms. The summed E-state index contributed by atoms with van der Waals surface area (Å²) in [6.07, 6.45) is 4.15. The zero-order valence-corrected chi connectivity index (χ0v) is 13.7. The molecule has 0 unspecified atom stereocenters. The lowest BCUT2D eigenvalue weighted by Gasteiger charge is -2.06. The van der Waals surface area contributed by atoms with Crippen LogP contribution in [0.15, 0.2) is 30.6 Å². The van der Waals surface area contributed by atoms with Crippen LogP contribution in [0.5, 0.6) is 0 Å². The van der Waals surface area contributed by atoms with Crippen molar-refractivity contribution in [2.24, 2.45) is 7.05 Å². The summed E-state index contributed by atoms with van der Waals surface area (Å²) in [6, 6.07) is 6.10. The molecule has 0 spiro atoms. The van der Waals surface area contributed by atoms with Crippen LogP contribution in [0, 0.1) is 13.8 Å². The second kappa shape index (κ2) is 6.24. The molecule has 0 atom stereocenters. The highest BCUT2D eigenvalue weighted by Crippen LogP contribution is 2.16. The third-order valence-electron chi connectivity index (χ3n) is 3.99. The highest BCUT2D eigenvalue weighted by Gasteiger charge is 2.06. The van der Waals surface area contributed by atoms with Gasteiger partial charge < -0.3 is 9.88 Å². The fourth-order valence-corrected chi connectivity index (χ4v) is 2.57. The Balaban J connectivity index is 1.56. The van der Waals surface area contributed by atoms with Gasteiger partial charge in [0.2, 0.25) is 5.91 Å². The number of amides is 1. The zero-order valence-electron chi connectivity index (χ0n) is 13.7. The molecule has 2 heterocycles. The zero-order chi connectivity index (χ0) is 16.4. The second-order valence-corrected chi connectivity index (χ2v) is 5.85. The summed E-state index contributed by atoms with van der Waals surface area (Å²) in [7, 11) is 2.00. The van der Waals surface area contributed by atoms with Crippen LogP contribution in [0.2, 0.25) is 0 Å². The molecule has 23 heavy (non-hydrogen) atoms. The number of benzene rings is 1. The van der Waals surface area contributed by atoms with Gasteiger partial charge in [-0.1, -0.05) is 6.07 Å². The number of aryl methyl sites for hydroxylation is 4. The summed E-state index contributed by atoms with van der Waals surface area (Å²) in [6.45, 7) is 5.08. The Hall–Kier alpha value is -2.63. The van der Waals surface area contributed by atoms with E-state index in [1.807, 2.05) is 45.3 Å². The van der Waals surface area contributed by atoms with Crippen molar-refractivity contribution >= 4 is 16.9 Å². The lowest BCUT2D eigenvalue weighted by Crippen LogP contribution is -2.24. The summed E-state index contributed by atoms with van der Waals surface area (Å²) in [4.78, 5) is 16.5. The van der Waals surface area contributed by atoms with Crippen molar-refractivity contribution in [2.45, 2.75) is 33.4 Å². The van der Waals surface area contributed by atoms with Gasteiger partial charge in [-0.3, -0.25) is 9.48 Å². The Kier molecular flexibility index (Phi) is 4.14. The lowest BCUT2D eigenvalue weighted by atomic mass is 10.2. The predicted octanol–water partition coefficient (Wildman–Crippen LogP) is 2.09. The van der Waals surface area contributed by atoms with E-state index in [1.165, 1.54) is 0 Å². The number of carbonyl (C=O) groups is 1. The largest absolute Gasteiger partial charge is 0.352 e. The fraction of sp³-hybridized carbons (Fsp3) is 0.353. The average molecular weight is 311 g/mol. The Labute approximate surface area is 135 Å². The number of nitrogens with one attached hydrogen (secondary N) is 1. The van der Waals surface area contributed by atoms with E-state index in [0.717, 1.165) is 28.0 Å². The van der Waals surface area contributed by atoms with Gasteiger partial charge in [0.25, 0.3) is 0 Å². The van der Waals surface area contributed by atoms with E-state index < -0.39 is 0 Å². The first-order chi connectivity index (χ1) is 11.0. The summed E-state index contributed by atoms with van der Waals surface area (Å²) in [5, 5.41) is 7.12. The Morgan fingerprint density at radius 2 is 2.13 bits per heavy atom. The van der Waals surface area contributed by atoms with Crippen LogP contribution in [0.25, 0.3) is 11.0 Å². The minimum Gasteiger partial charge on any atom is -0.352 e. The van der Waals surface area contributed by atoms with Crippen LogP contribution in [-0.2, 0) is 24.9 Å². The molecule has 0 saturated heterocycles. The highest BCUT2D eigenvalue weighted by molar-refractivity contribution is 5.78. The molecule has 6 nitrogen and oxygen atoms in total. The van der Waals surface area contributed by atoms with Crippen LogP contribution in [-0.4, -0.2) is 25.2 Å². The molecule has 0 aliphatic rings. The maximum absolute atomic E-state index is 11.9. The van der Waals surface area contributed by atoms with E-state index in [9.17, 15) is 4.79 Å². The van der Waals surface area contributed by atoms with E-state index in [1.54, 1.807) is 10.9 Å². The average Bonchev–Trinajstić information content (AvgIpc) is 3.07. The van der Waals surface area contributed by atoms with Crippen molar-refractivity contribution < 1.29 is 4.79 Å². The van der Waals surface area contributed by atoms with Crippen LogP contribution >= 0.6 is 0 Å². The minimum absolute atomic E-state index is 0.0236. The van der Waals surface area contributed by atoms with Gasteiger partial charge in [0.15, 0.2) is 0 Å². The van der Waals surface area contributed by atoms with Crippen molar-refractivity contribution in [1.29, 1.82) is 0 Å². The number of imidazole rings is 1. The van der Waals surface area contributed by atoms with Gasteiger partial charge in [-0.05, 0) is 37.1 Å². The molecule has 1 amide bonds. The molecular formula is C17H21N5O. The summed E-state index contributed by atoms with van der Waals surface area (Å²) < 4.78 is 3.85. The van der Waals surface area contributed by atoms with Gasteiger partial charge in [-0.25, -0.2) is 4.98 Å². The smallest absolute Gasteiger partial charge is 0.222 e. The summed E-state index contributed by atoms with van der Waals surface area (Å²) >= 11 is 0. The lowest BCUT2D eigenvalue weighted by molar-refractivity contribution is -0.121. The molecule has 0 radical (unpaired) electrons. The molecular weight excluding hydrogens is 290 g/mol. The maximum atomic E-state index is 11.9. The van der Waals surface area contributed by atoms with Crippen LogP contribution < -0.4 is 5.32 Å². The van der Waals surface area contributed by atoms with E-state index in [-0.39, 0.29) is 5.91 Å². The van der Waals surface area contributed by atoms with Crippen LogP contribution in [0.1, 0.15) is 23.4 Å². The van der Waals surface area contributed by atoms with Crippen molar-refractivity contribution in [3.8, 4) is 0 Å². The Morgan fingerprint density at radius 3 is 2.87 bits per heavy atom. The van der Waals surface area contributed by atoms with E-state index in [0.29, 0.717) is 19.5 Å². The number of nitrogens with zero attached hydrogens (tertiary/aromatic N) is 4. The van der Waals surface area contributed by atoms with Gasteiger partial charge in [0.05, 0.1) is 17.2 Å². The third-order valence-corrected chi connectivity index (χ3v) is 3.99. The molecule has 2 aromatic heterocycles. The van der Waals surface area contributed by atoms with Crippen LogP contribution in [0.3, 0.4) is 0 Å². The van der Waals surface area contributed by atoms with E-state index >= 15 is 0 Å². The molecule has 0 saturated carbocycles. The predicted molar refractivity (Wildman–Crippen MR) is 88.9 cm³/mol. The number of hydrogen-bond donors (Lipinski definition) is 1. The number of hydrogen-bond acceptors (Lipinski definition) is 3. The molecule has 0 aliphatic heterocycles. The Bertz CT molecular complexity index is 846. The van der Waals surface area contributed by atoms with Crippen LogP contribution in [0.4, 0.5) is 0 Å². The first kappa shape index (κ1) is 15.3. The van der Waals surface area contributed by atoms with Gasteiger partial charge in [-0.15, -0.1) is 0 Å². The topological polar surface area (TPSA) is 64.7 Å². The monoisotopic (exact) mass is 311 g/mol. The van der Waals surface area contributed by atoms with E-state index in [4.69, 9.17) is 0 Å². The maximum Gasteiger partial charge on any atom is 0.222 e. The second-order valence-electron chi connectivity index (χ2n) is 5.85. The molecule has 1 N–H and O–H groups in total. The SMILES string of the molecule is Cc1cnn(CCC(=O)NCc2ccc3c(c2)nc(C)n3C)c1. The van der Waals surface area contributed by atoms with Crippen molar-refractivity contribution in [2.75, 3.05) is 0 Å². The van der Waals surface area contributed by atoms with E-state index in [2.05, 4.69) is 20.0 Å². The molecule has 0 bridgehead atoms. The normalized spacial score (nSPS) is 11.1. The highest BCUT2D eigenvalue weighted by atomic mass is 16.1. The molecule has 0 aliphatic carbocycles. The molecule has 120 valence electrons. The molecule has 3 rings (SSSR count). The van der Waals surface area contributed by atoms with Gasteiger partial charge >= 0.3 is 0 Å². The van der Waals surface area contributed by atoms with Crippen molar-refractivity contribution in [3.05, 3.63) is 47.5 Å². The number of rotatable bonds is 5. The first-order valence-electron chi connectivity index (χ1n) is 7.70. The number of aromatic nitrogens is 4. The quantitative estimate of drug-likeness (QED) is 0.785. The van der Waals surface area contributed by atoms with Gasteiger partial charge in [0, 0.05) is 32.8 Å². The first-order valence-corrected chi connectivity index (χ1v) is 7.70. The Morgan fingerprint density at radius 1 is 1.30 bits per heavy atom. The molecule has 1 aromatic carbocycles. The third kappa shape index (κ3) is 3.41. The fourth-order valence-electron chi connectivity index (χ4n) is 2.57. The van der Waals surface area contributed by atoms with Gasteiger partial charge in [0.1, 0.15) is 5.82 Å². The van der Waals surface area contributed by atoms with Crippen molar-refractivity contribution in [1.82, 2.24) is 24.6 Å². The molecule has 0 fully saturated rings. The summed E-state index contributed by atoms with van der Waals surface area (Å²) in [5.41, 5.74) is 4.22. The van der Waals surface area contributed by atoms with Gasteiger partial charge in [-0.2, -0.15) is 5.10 Å². The number of carbonyl (C=O) groups excluding carboxylic acids is 1. The van der Waals surface area contributed by atoms with Crippen molar-refractivity contribution in [3.63, 3.8) is 0 Å². The molecule has 3 aromatic rings. The minimum atomic E-state index is 0.0236.